The van der Waals surface area contributed by atoms with Crippen LogP contribution in [-0.4, -0.2) is 21.6 Å². The summed E-state index contributed by atoms with van der Waals surface area (Å²) in [6.07, 6.45) is 5.48. The number of hydrogen-bond acceptors (Lipinski definition) is 5. The summed E-state index contributed by atoms with van der Waals surface area (Å²) >= 11 is 1.41. The van der Waals surface area contributed by atoms with Gasteiger partial charge in [-0.1, -0.05) is 4.49 Å². The van der Waals surface area contributed by atoms with E-state index in [-0.39, 0.29) is 6.04 Å². The van der Waals surface area contributed by atoms with Crippen LogP contribution in [0.2, 0.25) is 0 Å². The molecule has 0 saturated heterocycles. The first kappa shape index (κ1) is 10.2. The Morgan fingerprint density at radius 2 is 2.27 bits per heavy atom. The van der Waals surface area contributed by atoms with Crippen molar-refractivity contribution in [3.8, 4) is 0 Å². The van der Waals surface area contributed by atoms with E-state index in [1.165, 1.54) is 22.7 Å². The lowest BCUT2D eigenvalue weighted by molar-refractivity contribution is 0.694. The molecule has 0 aliphatic rings. The van der Waals surface area contributed by atoms with E-state index in [1.54, 1.807) is 12.4 Å². The molecule has 4 nitrogen and oxygen atoms in total. The first-order chi connectivity index (χ1) is 7.33. The molecular formula is C10H12N4S. The van der Waals surface area contributed by atoms with E-state index in [2.05, 4.69) is 26.8 Å². The van der Waals surface area contributed by atoms with Gasteiger partial charge >= 0.3 is 0 Å². The smallest absolute Gasteiger partial charge is 0.0718 e. The fraction of sp³-hybridized carbons (Fsp3) is 0.300. The van der Waals surface area contributed by atoms with Crippen molar-refractivity contribution in [1.82, 2.24) is 19.9 Å². The summed E-state index contributed by atoms with van der Waals surface area (Å²) in [5, 5.41) is 7.11. The van der Waals surface area contributed by atoms with Crippen molar-refractivity contribution in [3.63, 3.8) is 0 Å². The van der Waals surface area contributed by atoms with Gasteiger partial charge in [0.05, 0.1) is 17.1 Å². The Balaban J connectivity index is 2.40. The summed E-state index contributed by atoms with van der Waals surface area (Å²) < 4.78 is 3.88. The van der Waals surface area contributed by atoms with E-state index in [0.717, 1.165) is 4.88 Å². The molecule has 0 radical (unpaired) electrons. The number of nitrogens with zero attached hydrogens (tertiary/aromatic N) is 3. The van der Waals surface area contributed by atoms with Crippen LogP contribution in [0.3, 0.4) is 0 Å². The monoisotopic (exact) mass is 220 g/mol. The molecule has 15 heavy (non-hydrogen) atoms. The number of hydrogen-bond donors (Lipinski definition) is 1. The van der Waals surface area contributed by atoms with Crippen LogP contribution < -0.4 is 5.32 Å². The quantitative estimate of drug-likeness (QED) is 0.852. The molecule has 0 amide bonds. The molecule has 5 heteroatoms. The van der Waals surface area contributed by atoms with Crippen LogP contribution in [-0.2, 0) is 0 Å². The maximum Gasteiger partial charge on any atom is 0.0718 e. The van der Waals surface area contributed by atoms with E-state index in [4.69, 9.17) is 0 Å². The molecule has 0 aliphatic heterocycles. The van der Waals surface area contributed by atoms with Crippen LogP contribution in [0.1, 0.15) is 22.0 Å². The van der Waals surface area contributed by atoms with Gasteiger partial charge in [-0.05, 0) is 42.7 Å². The second kappa shape index (κ2) is 4.46. The lowest BCUT2D eigenvalue weighted by atomic mass is 10.0. The molecule has 2 aromatic rings. The van der Waals surface area contributed by atoms with Crippen molar-refractivity contribution in [2.45, 2.75) is 13.0 Å². The van der Waals surface area contributed by atoms with E-state index in [0.29, 0.717) is 0 Å². The summed E-state index contributed by atoms with van der Waals surface area (Å²) in [6.45, 7) is 2.08. The van der Waals surface area contributed by atoms with Crippen LogP contribution in [0, 0.1) is 6.92 Å². The maximum atomic E-state index is 4.15. The Hall–Kier alpha value is -1.33. The Labute approximate surface area is 92.5 Å². The number of pyridine rings is 1. The van der Waals surface area contributed by atoms with Crippen LogP contribution in [0.5, 0.6) is 0 Å². The predicted octanol–water partition coefficient (Wildman–Crippen LogP) is 1.55. The lowest BCUT2D eigenvalue weighted by Crippen LogP contribution is -2.17. The normalized spacial score (nSPS) is 12.7. The molecule has 1 unspecified atom stereocenters. The fourth-order valence-corrected chi connectivity index (χ4v) is 2.16. The highest BCUT2D eigenvalue weighted by molar-refractivity contribution is 7.05. The number of aromatic nitrogens is 3. The zero-order valence-electron chi connectivity index (χ0n) is 8.64. The summed E-state index contributed by atoms with van der Waals surface area (Å²) in [7, 11) is 1.93. The average Bonchev–Trinajstić information content (AvgIpc) is 2.75. The molecule has 0 fully saturated rings. The van der Waals surface area contributed by atoms with Gasteiger partial charge in [-0.2, -0.15) is 0 Å². The minimum absolute atomic E-state index is 0.138. The van der Waals surface area contributed by atoms with E-state index >= 15 is 0 Å². The third-order valence-corrected chi connectivity index (χ3v) is 3.07. The van der Waals surface area contributed by atoms with Crippen LogP contribution in [0.4, 0.5) is 0 Å². The number of nitrogens with one attached hydrogen (secondary N) is 1. The molecule has 0 aliphatic carbocycles. The van der Waals surface area contributed by atoms with Gasteiger partial charge < -0.3 is 5.32 Å². The molecular weight excluding hydrogens is 208 g/mol. The molecule has 0 aromatic carbocycles. The highest BCUT2D eigenvalue weighted by atomic mass is 32.1. The minimum atomic E-state index is 0.138. The van der Waals surface area contributed by atoms with E-state index in [9.17, 15) is 0 Å². The molecule has 2 aromatic heterocycles. The van der Waals surface area contributed by atoms with Crippen LogP contribution >= 0.6 is 11.5 Å². The largest absolute Gasteiger partial charge is 0.309 e. The number of aryl methyl sites for hydroxylation is 1. The van der Waals surface area contributed by atoms with Crippen LogP contribution in [0.25, 0.3) is 0 Å². The SMILES string of the molecule is CNC(c1cnns1)c1cnccc1C. The van der Waals surface area contributed by atoms with Gasteiger partial charge in [0.25, 0.3) is 0 Å². The standard InChI is InChI=1S/C10H12N4S/c1-7-3-4-12-5-8(7)10(11-2)9-6-13-14-15-9/h3-6,10-11H,1-2H3. The summed E-state index contributed by atoms with van der Waals surface area (Å²) in [5.74, 6) is 0. The maximum absolute atomic E-state index is 4.15. The van der Waals surface area contributed by atoms with Crippen molar-refractivity contribution in [1.29, 1.82) is 0 Å². The minimum Gasteiger partial charge on any atom is -0.309 e. The van der Waals surface area contributed by atoms with Crippen molar-refractivity contribution in [2.75, 3.05) is 7.05 Å². The first-order valence-electron chi connectivity index (χ1n) is 4.68. The van der Waals surface area contributed by atoms with Crippen LogP contribution in [0.15, 0.2) is 24.7 Å². The lowest BCUT2D eigenvalue weighted by Gasteiger charge is -2.15. The van der Waals surface area contributed by atoms with Gasteiger partial charge in [0.15, 0.2) is 0 Å². The highest BCUT2D eigenvalue weighted by Crippen LogP contribution is 2.24. The van der Waals surface area contributed by atoms with Crippen molar-refractivity contribution in [3.05, 3.63) is 40.7 Å². The van der Waals surface area contributed by atoms with Gasteiger partial charge in [-0.25, -0.2) is 0 Å². The van der Waals surface area contributed by atoms with Gasteiger partial charge in [0, 0.05) is 12.4 Å². The fourth-order valence-electron chi connectivity index (χ4n) is 1.53. The van der Waals surface area contributed by atoms with E-state index in [1.807, 2.05) is 19.3 Å². The number of rotatable bonds is 3. The summed E-state index contributed by atoms with van der Waals surface area (Å²) in [6, 6.07) is 2.15. The van der Waals surface area contributed by atoms with Crippen molar-refractivity contribution < 1.29 is 0 Å². The van der Waals surface area contributed by atoms with Gasteiger partial charge in [0.2, 0.25) is 0 Å². The molecule has 1 N–H and O–H groups in total. The molecule has 2 rings (SSSR count). The predicted molar refractivity (Wildman–Crippen MR) is 59.8 cm³/mol. The Kier molecular flexibility index (Phi) is 3.03. The van der Waals surface area contributed by atoms with Gasteiger partial charge in [0.1, 0.15) is 0 Å². The van der Waals surface area contributed by atoms with Crippen molar-refractivity contribution >= 4 is 11.5 Å². The highest BCUT2D eigenvalue weighted by Gasteiger charge is 2.16. The third kappa shape index (κ3) is 2.03. The zero-order valence-corrected chi connectivity index (χ0v) is 9.45. The van der Waals surface area contributed by atoms with E-state index < -0.39 is 0 Å². The molecule has 0 saturated carbocycles. The summed E-state index contributed by atoms with van der Waals surface area (Å²) in [4.78, 5) is 5.25. The van der Waals surface area contributed by atoms with Crippen molar-refractivity contribution in [2.24, 2.45) is 0 Å². The topological polar surface area (TPSA) is 50.7 Å². The zero-order chi connectivity index (χ0) is 10.7. The second-order valence-corrected chi connectivity index (χ2v) is 4.09. The molecule has 0 spiro atoms. The van der Waals surface area contributed by atoms with Gasteiger partial charge in [-0.3, -0.25) is 4.98 Å². The first-order valence-corrected chi connectivity index (χ1v) is 5.45. The molecule has 1 atom stereocenters. The molecule has 0 bridgehead atoms. The third-order valence-electron chi connectivity index (χ3n) is 2.34. The average molecular weight is 220 g/mol. The Morgan fingerprint density at radius 3 is 2.87 bits per heavy atom. The van der Waals surface area contributed by atoms with Gasteiger partial charge in [-0.15, -0.1) is 5.10 Å². The second-order valence-electron chi connectivity index (χ2n) is 3.27. The molecule has 2 heterocycles. The Morgan fingerprint density at radius 1 is 1.40 bits per heavy atom. The molecule has 78 valence electrons. The Bertz CT molecular complexity index is 427. The summed E-state index contributed by atoms with van der Waals surface area (Å²) in [5.41, 5.74) is 2.39.